The third-order valence-corrected chi connectivity index (χ3v) is 4.49. The van der Waals surface area contributed by atoms with E-state index in [9.17, 15) is 4.79 Å². The summed E-state index contributed by atoms with van der Waals surface area (Å²) in [4.78, 5) is 25.2. The fourth-order valence-electron chi connectivity index (χ4n) is 2.94. The molecule has 3 rings (SSSR count). The highest BCUT2D eigenvalue weighted by molar-refractivity contribution is 5.93. The van der Waals surface area contributed by atoms with Crippen LogP contribution in [-0.2, 0) is 4.74 Å². The topological polar surface area (TPSA) is 79.8 Å². The van der Waals surface area contributed by atoms with Crippen molar-refractivity contribution in [2.45, 2.75) is 0 Å². The maximum Gasteiger partial charge on any atom is 0.257 e. The Balaban J connectivity index is 1.53. The van der Waals surface area contributed by atoms with E-state index in [1.807, 2.05) is 29.2 Å². The number of benzene rings is 1. The van der Waals surface area contributed by atoms with Crippen LogP contribution in [0.5, 0.6) is 5.75 Å². The van der Waals surface area contributed by atoms with Gasteiger partial charge in [-0.3, -0.25) is 4.79 Å². The lowest BCUT2D eigenvalue weighted by Crippen LogP contribution is -2.48. The number of rotatable bonds is 7. The van der Waals surface area contributed by atoms with Crippen LogP contribution in [0.4, 0.5) is 11.6 Å². The Morgan fingerprint density at radius 2 is 1.74 bits per heavy atom. The van der Waals surface area contributed by atoms with Gasteiger partial charge in [-0.2, -0.15) is 0 Å². The van der Waals surface area contributed by atoms with Gasteiger partial charge in [-0.15, -0.1) is 0 Å². The number of hydrogen-bond acceptors (Lipinski definition) is 7. The van der Waals surface area contributed by atoms with Crippen LogP contribution in [0.25, 0.3) is 0 Å². The second-order valence-electron chi connectivity index (χ2n) is 6.19. The lowest BCUT2D eigenvalue weighted by molar-refractivity contribution is 0.0746. The summed E-state index contributed by atoms with van der Waals surface area (Å²) in [5.74, 6) is 1.30. The molecule has 0 unspecified atom stereocenters. The van der Waals surface area contributed by atoms with Crippen LogP contribution in [0.1, 0.15) is 10.4 Å². The number of amides is 1. The Morgan fingerprint density at radius 3 is 2.33 bits per heavy atom. The first-order chi connectivity index (χ1) is 13.2. The van der Waals surface area contributed by atoms with Crippen LogP contribution in [0, 0.1) is 0 Å². The molecule has 27 heavy (non-hydrogen) atoms. The third kappa shape index (κ3) is 4.85. The highest BCUT2D eigenvalue weighted by Gasteiger charge is 2.22. The van der Waals surface area contributed by atoms with E-state index in [2.05, 4.69) is 20.2 Å². The van der Waals surface area contributed by atoms with Crippen molar-refractivity contribution in [1.82, 2.24) is 14.9 Å². The minimum absolute atomic E-state index is 0.0344. The van der Waals surface area contributed by atoms with Crippen LogP contribution in [-0.4, -0.2) is 74.3 Å². The van der Waals surface area contributed by atoms with Gasteiger partial charge in [-0.05, 0) is 24.3 Å². The number of carbonyl (C=O) groups is 1. The average Bonchev–Trinajstić information content (AvgIpc) is 2.74. The molecule has 1 N–H and O–H groups in total. The van der Waals surface area contributed by atoms with Gasteiger partial charge in [0.2, 0.25) is 5.95 Å². The molecule has 1 aromatic heterocycles. The molecule has 0 saturated carbocycles. The summed E-state index contributed by atoms with van der Waals surface area (Å²) in [6, 6.07) is 7.98. The van der Waals surface area contributed by atoms with Gasteiger partial charge in [-0.25, -0.2) is 9.97 Å². The van der Waals surface area contributed by atoms with E-state index < -0.39 is 0 Å². The van der Waals surface area contributed by atoms with Gasteiger partial charge in [0, 0.05) is 57.9 Å². The number of carbonyl (C=O) groups excluding carboxylic acids is 1. The van der Waals surface area contributed by atoms with E-state index >= 15 is 0 Å². The molecular formula is C19H25N5O3. The van der Waals surface area contributed by atoms with Crippen molar-refractivity contribution in [3.63, 3.8) is 0 Å². The summed E-state index contributed by atoms with van der Waals surface area (Å²) in [6.07, 6.45) is 3.14. The maximum absolute atomic E-state index is 12.7. The summed E-state index contributed by atoms with van der Waals surface area (Å²) in [7, 11) is 3.30. The standard InChI is InChI=1S/C19H25N5O3/c1-26-12-7-20-19-21-13-15(14-22-19)18(25)24-10-8-23(9-11-24)16-3-5-17(27-2)6-4-16/h3-6,13-14H,7-12H2,1-2H3,(H,20,21,22). The molecule has 144 valence electrons. The minimum atomic E-state index is -0.0344. The van der Waals surface area contributed by atoms with Crippen molar-refractivity contribution in [2.24, 2.45) is 0 Å². The van der Waals surface area contributed by atoms with E-state index in [-0.39, 0.29) is 5.91 Å². The van der Waals surface area contributed by atoms with Gasteiger partial charge in [0.05, 0.1) is 19.3 Å². The third-order valence-electron chi connectivity index (χ3n) is 4.49. The molecule has 1 aromatic carbocycles. The van der Waals surface area contributed by atoms with E-state index in [0.717, 1.165) is 24.5 Å². The van der Waals surface area contributed by atoms with Gasteiger partial charge in [0.15, 0.2) is 0 Å². The van der Waals surface area contributed by atoms with Crippen LogP contribution in [0.3, 0.4) is 0 Å². The van der Waals surface area contributed by atoms with Crippen LogP contribution < -0.4 is 15.0 Å². The zero-order valence-corrected chi connectivity index (χ0v) is 15.7. The first-order valence-corrected chi connectivity index (χ1v) is 8.94. The normalized spacial score (nSPS) is 14.1. The van der Waals surface area contributed by atoms with Crippen LogP contribution in [0.2, 0.25) is 0 Å². The zero-order valence-electron chi connectivity index (χ0n) is 15.7. The fraction of sp³-hybridized carbons (Fsp3) is 0.421. The maximum atomic E-state index is 12.7. The molecule has 0 aliphatic carbocycles. The van der Waals surface area contributed by atoms with Crippen molar-refractivity contribution < 1.29 is 14.3 Å². The van der Waals surface area contributed by atoms with Crippen molar-refractivity contribution >= 4 is 17.5 Å². The Labute approximate surface area is 159 Å². The summed E-state index contributed by atoms with van der Waals surface area (Å²) in [5.41, 5.74) is 1.64. The van der Waals surface area contributed by atoms with E-state index in [1.54, 1.807) is 26.6 Å². The number of ether oxygens (including phenoxy) is 2. The van der Waals surface area contributed by atoms with E-state index in [1.165, 1.54) is 0 Å². The summed E-state index contributed by atoms with van der Waals surface area (Å²) in [5, 5.41) is 3.04. The number of nitrogens with zero attached hydrogens (tertiary/aromatic N) is 4. The molecule has 8 heteroatoms. The molecule has 2 heterocycles. The summed E-state index contributed by atoms with van der Waals surface area (Å²) < 4.78 is 10.2. The number of hydrogen-bond donors (Lipinski definition) is 1. The van der Waals surface area contributed by atoms with E-state index in [4.69, 9.17) is 9.47 Å². The van der Waals surface area contributed by atoms with Gasteiger partial charge in [0.25, 0.3) is 5.91 Å². The molecule has 2 aromatic rings. The molecule has 1 aliphatic rings. The minimum Gasteiger partial charge on any atom is -0.497 e. The lowest BCUT2D eigenvalue weighted by Gasteiger charge is -2.36. The Kier molecular flexibility index (Phi) is 6.43. The number of aromatic nitrogens is 2. The first-order valence-electron chi connectivity index (χ1n) is 8.94. The smallest absolute Gasteiger partial charge is 0.257 e. The number of anilines is 2. The molecule has 1 saturated heterocycles. The molecule has 1 fully saturated rings. The van der Waals surface area contributed by atoms with Crippen molar-refractivity contribution in [3.8, 4) is 5.75 Å². The summed E-state index contributed by atoms with van der Waals surface area (Å²) >= 11 is 0. The SMILES string of the molecule is COCCNc1ncc(C(=O)N2CCN(c3ccc(OC)cc3)CC2)cn1. The number of piperazine rings is 1. The molecular weight excluding hydrogens is 346 g/mol. The molecule has 0 atom stereocenters. The van der Waals surface area contributed by atoms with Gasteiger partial charge >= 0.3 is 0 Å². The average molecular weight is 371 g/mol. The van der Waals surface area contributed by atoms with Crippen LogP contribution >= 0.6 is 0 Å². The zero-order chi connectivity index (χ0) is 19.1. The van der Waals surface area contributed by atoms with Crippen LogP contribution in [0.15, 0.2) is 36.7 Å². The Morgan fingerprint density at radius 1 is 1.07 bits per heavy atom. The quantitative estimate of drug-likeness (QED) is 0.739. The predicted molar refractivity (Wildman–Crippen MR) is 104 cm³/mol. The van der Waals surface area contributed by atoms with Crippen molar-refractivity contribution in [2.75, 3.05) is 63.8 Å². The van der Waals surface area contributed by atoms with Crippen molar-refractivity contribution in [3.05, 3.63) is 42.2 Å². The Bertz CT molecular complexity index is 728. The van der Waals surface area contributed by atoms with E-state index in [0.29, 0.717) is 37.8 Å². The lowest BCUT2D eigenvalue weighted by atomic mass is 10.2. The highest BCUT2D eigenvalue weighted by atomic mass is 16.5. The Hall–Kier alpha value is -2.87. The highest BCUT2D eigenvalue weighted by Crippen LogP contribution is 2.21. The number of methoxy groups -OCH3 is 2. The second kappa shape index (κ2) is 9.18. The first kappa shape index (κ1) is 18.9. The molecule has 1 aliphatic heterocycles. The van der Waals surface area contributed by atoms with Crippen molar-refractivity contribution in [1.29, 1.82) is 0 Å². The number of nitrogens with one attached hydrogen (secondary N) is 1. The molecule has 0 bridgehead atoms. The predicted octanol–water partition coefficient (Wildman–Crippen LogP) is 1.51. The molecule has 0 radical (unpaired) electrons. The largest absolute Gasteiger partial charge is 0.497 e. The molecule has 8 nitrogen and oxygen atoms in total. The monoisotopic (exact) mass is 371 g/mol. The molecule has 1 amide bonds. The summed E-state index contributed by atoms with van der Waals surface area (Å²) in [6.45, 7) is 4.10. The van der Waals surface area contributed by atoms with Gasteiger partial charge < -0.3 is 24.6 Å². The molecule has 0 spiro atoms. The van der Waals surface area contributed by atoms with Gasteiger partial charge in [-0.1, -0.05) is 0 Å². The fourth-order valence-corrected chi connectivity index (χ4v) is 2.94. The second-order valence-corrected chi connectivity index (χ2v) is 6.19. The van der Waals surface area contributed by atoms with Gasteiger partial charge in [0.1, 0.15) is 5.75 Å².